The summed E-state index contributed by atoms with van der Waals surface area (Å²) in [5.74, 6) is 1.51. The van der Waals surface area contributed by atoms with Gasteiger partial charge in [-0.2, -0.15) is 0 Å². The molecule has 2 aromatic rings. The molecule has 0 aliphatic rings. The molecule has 0 aliphatic carbocycles. The molecule has 0 unspecified atom stereocenters. The van der Waals surface area contributed by atoms with Crippen LogP contribution in [0.5, 0.6) is 5.88 Å². The molecule has 2 N–H and O–H groups in total. The predicted octanol–water partition coefficient (Wildman–Crippen LogP) is 2.15. The number of anilines is 1. The minimum atomic E-state index is 0.570. The first-order chi connectivity index (χ1) is 10.3. The molecular weight excluding hydrogens is 264 g/mol. The largest absolute Gasteiger partial charge is 0.478 e. The molecule has 0 atom stereocenters. The van der Waals surface area contributed by atoms with E-state index in [0.717, 1.165) is 24.5 Å². The van der Waals surface area contributed by atoms with Gasteiger partial charge < -0.3 is 15.4 Å². The van der Waals surface area contributed by atoms with E-state index >= 15 is 0 Å². The van der Waals surface area contributed by atoms with Crippen LogP contribution >= 0.6 is 0 Å². The number of ether oxygens (including phenoxy) is 1. The molecule has 5 heteroatoms. The van der Waals surface area contributed by atoms with Gasteiger partial charge in [0.05, 0.1) is 12.2 Å². The molecule has 1 aromatic heterocycles. The van der Waals surface area contributed by atoms with Crippen molar-refractivity contribution in [2.45, 2.75) is 20.4 Å². The van der Waals surface area contributed by atoms with Gasteiger partial charge in [0.15, 0.2) is 0 Å². The van der Waals surface area contributed by atoms with Crippen LogP contribution in [0.15, 0.2) is 36.7 Å². The summed E-state index contributed by atoms with van der Waals surface area (Å²) in [6, 6.07) is 10.3. The zero-order valence-corrected chi connectivity index (χ0v) is 12.6. The third-order valence-corrected chi connectivity index (χ3v) is 3.21. The van der Waals surface area contributed by atoms with Crippen molar-refractivity contribution in [3.8, 4) is 5.88 Å². The van der Waals surface area contributed by atoms with E-state index in [1.165, 1.54) is 5.56 Å². The molecular formula is C16H22N4O. The summed E-state index contributed by atoms with van der Waals surface area (Å²) in [4.78, 5) is 10.8. The number of rotatable bonds is 7. The third kappa shape index (κ3) is 3.92. The summed E-state index contributed by atoms with van der Waals surface area (Å²) in [6.07, 6.45) is 1.54. The molecule has 0 amide bonds. The van der Waals surface area contributed by atoms with Gasteiger partial charge in [-0.25, -0.2) is 9.97 Å². The van der Waals surface area contributed by atoms with Gasteiger partial charge in [0.25, 0.3) is 0 Å². The van der Waals surface area contributed by atoms with Gasteiger partial charge in [0.2, 0.25) is 5.88 Å². The smallest absolute Gasteiger partial charge is 0.221 e. The van der Waals surface area contributed by atoms with E-state index in [9.17, 15) is 0 Å². The van der Waals surface area contributed by atoms with E-state index in [0.29, 0.717) is 19.0 Å². The Morgan fingerprint density at radius 3 is 2.62 bits per heavy atom. The normalized spacial score (nSPS) is 10.4. The molecule has 0 radical (unpaired) electrons. The summed E-state index contributed by atoms with van der Waals surface area (Å²) in [6.45, 7) is 6.59. The highest BCUT2D eigenvalue weighted by Gasteiger charge is 2.14. The van der Waals surface area contributed by atoms with Gasteiger partial charge >= 0.3 is 0 Å². The highest BCUT2D eigenvalue weighted by atomic mass is 16.5. The molecule has 0 aliphatic heterocycles. The van der Waals surface area contributed by atoms with Gasteiger partial charge in [-0.3, -0.25) is 0 Å². The van der Waals surface area contributed by atoms with E-state index in [2.05, 4.69) is 27.0 Å². The van der Waals surface area contributed by atoms with Crippen molar-refractivity contribution in [3.05, 3.63) is 47.8 Å². The van der Waals surface area contributed by atoms with Crippen LogP contribution in [0.3, 0.4) is 0 Å². The maximum Gasteiger partial charge on any atom is 0.221 e. The van der Waals surface area contributed by atoms with E-state index in [4.69, 9.17) is 10.5 Å². The number of aromatic nitrogens is 2. The van der Waals surface area contributed by atoms with Crippen LogP contribution in [0.4, 0.5) is 5.82 Å². The Morgan fingerprint density at radius 1 is 1.19 bits per heavy atom. The van der Waals surface area contributed by atoms with Crippen molar-refractivity contribution in [1.29, 1.82) is 0 Å². The molecule has 1 heterocycles. The van der Waals surface area contributed by atoms with E-state index < -0.39 is 0 Å². The molecule has 0 bridgehead atoms. The lowest BCUT2D eigenvalue weighted by Gasteiger charge is -2.25. The topological polar surface area (TPSA) is 64.3 Å². The highest BCUT2D eigenvalue weighted by molar-refractivity contribution is 5.50. The van der Waals surface area contributed by atoms with Crippen molar-refractivity contribution in [3.63, 3.8) is 0 Å². The Bertz CT molecular complexity index is 559. The summed E-state index contributed by atoms with van der Waals surface area (Å²) >= 11 is 0. The van der Waals surface area contributed by atoms with Crippen molar-refractivity contribution in [2.24, 2.45) is 5.73 Å². The first-order valence-corrected chi connectivity index (χ1v) is 7.19. The Morgan fingerprint density at radius 2 is 1.95 bits per heavy atom. The van der Waals surface area contributed by atoms with Crippen LogP contribution in [0.1, 0.15) is 18.1 Å². The number of hydrogen-bond donors (Lipinski definition) is 1. The summed E-state index contributed by atoms with van der Waals surface area (Å²) < 4.78 is 5.55. The second-order valence-electron chi connectivity index (χ2n) is 4.76. The van der Waals surface area contributed by atoms with Crippen molar-refractivity contribution in [1.82, 2.24) is 9.97 Å². The first-order valence-electron chi connectivity index (χ1n) is 7.19. The fraction of sp³-hybridized carbons (Fsp3) is 0.375. The second kappa shape index (κ2) is 7.59. The van der Waals surface area contributed by atoms with Crippen LogP contribution < -0.4 is 15.4 Å². The number of nitrogens with zero attached hydrogens (tertiary/aromatic N) is 3. The molecule has 0 saturated carbocycles. The van der Waals surface area contributed by atoms with Crippen LogP contribution in [-0.4, -0.2) is 29.7 Å². The fourth-order valence-electron chi connectivity index (χ4n) is 2.25. The molecule has 2 rings (SSSR count). The van der Waals surface area contributed by atoms with Crippen LogP contribution in [0.2, 0.25) is 0 Å². The number of nitrogens with two attached hydrogens (primary N) is 1. The Kier molecular flexibility index (Phi) is 5.51. The number of hydrogen-bond acceptors (Lipinski definition) is 5. The van der Waals surface area contributed by atoms with Gasteiger partial charge in [-0.15, -0.1) is 0 Å². The molecule has 0 saturated heterocycles. The monoisotopic (exact) mass is 286 g/mol. The lowest BCUT2D eigenvalue weighted by atomic mass is 10.2. The minimum Gasteiger partial charge on any atom is -0.478 e. The van der Waals surface area contributed by atoms with Crippen LogP contribution in [-0.2, 0) is 6.54 Å². The standard InChI is InChI=1S/C16H22N4O/c1-3-21-16-13(2)15(18-12-19-16)20(10-9-17)11-14-7-5-4-6-8-14/h4-8,12H,3,9-11,17H2,1-2H3. The molecule has 112 valence electrons. The van der Waals surface area contributed by atoms with Crippen molar-refractivity contribution < 1.29 is 4.74 Å². The Balaban J connectivity index is 2.27. The Labute approximate surface area is 125 Å². The van der Waals surface area contributed by atoms with Crippen LogP contribution in [0, 0.1) is 6.92 Å². The molecule has 1 aromatic carbocycles. The predicted molar refractivity (Wildman–Crippen MR) is 84.5 cm³/mol. The Hall–Kier alpha value is -2.14. The third-order valence-electron chi connectivity index (χ3n) is 3.21. The van der Waals surface area contributed by atoms with Crippen molar-refractivity contribution >= 4 is 5.82 Å². The summed E-state index contributed by atoms with van der Waals surface area (Å²) in [5.41, 5.74) is 7.92. The van der Waals surface area contributed by atoms with Gasteiger partial charge in [0.1, 0.15) is 12.1 Å². The van der Waals surface area contributed by atoms with Gasteiger partial charge in [-0.05, 0) is 19.4 Å². The zero-order chi connectivity index (χ0) is 15.1. The molecule has 0 spiro atoms. The first kappa shape index (κ1) is 15.3. The van der Waals surface area contributed by atoms with E-state index in [1.807, 2.05) is 32.0 Å². The highest BCUT2D eigenvalue weighted by Crippen LogP contribution is 2.25. The second-order valence-corrected chi connectivity index (χ2v) is 4.76. The van der Waals surface area contributed by atoms with E-state index in [1.54, 1.807) is 6.33 Å². The van der Waals surface area contributed by atoms with Crippen molar-refractivity contribution in [2.75, 3.05) is 24.6 Å². The van der Waals surface area contributed by atoms with Crippen LogP contribution in [0.25, 0.3) is 0 Å². The SMILES string of the molecule is CCOc1ncnc(N(CCN)Cc2ccccc2)c1C. The molecule has 5 nitrogen and oxygen atoms in total. The summed E-state index contributed by atoms with van der Waals surface area (Å²) in [7, 11) is 0. The van der Waals surface area contributed by atoms with Gasteiger partial charge in [0, 0.05) is 19.6 Å². The molecule has 0 fully saturated rings. The fourth-order valence-corrected chi connectivity index (χ4v) is 2.25. The summed E-state index contributed by atoms with van der Waals surface area (Å²) in [5, 5.41) is 0. The number of benzene rings is 1. The van der Waals surface area contributed by atoms with E-state index in [-0.39, 0.29) is 0 Å². The lowest BCUT2D eigenvalue weighted by Crippen LogP contribution is -2.30. The average Bonchev–Trinajstić information content (AvgIpc) is 2.50. The zero-order valence-electron chi connectivity index (χ0n) is 12.6. The molecule has 21 heavy (non-hydrogen) atoms. The maximum atomic E-state index is 5.75. The lowest BCUT2D eigenvalue weighted by molar-refractivity contribution is 0.323. The quantitative estimate of drug-likeness (QED) is 0.845. The average molecular weight is 286 g/mol. The van der Waals surface area contributed by atoms with Gasteiger partial charge in [-0.1, -0.05) is 30.3 Å². The minimum absolute atomic E-state index is 0.570. The maximum absolute atomic E-state index is 5.75.